The van der Waals surface area contributed by atoms with Gasteiger partial charge in [0.05, 0.1) is 5.76 Å². The van der Waals surface area contributed by atoms with Gasteiger partial charge in [0, 0.05) is 38.6 Å². The van der Waals surface area contributed by atoms with Gasteiger partial charge in [-0.2, -0.15) is 0 Å². The van der Waals surface area contributed by atoms with Crippen molar-refractivity contribution in [2.75, 3.05) is 0 Å². The van der Waals surface area contributed by atoms with Crippen molar-refractivity contribution in [1.82, 2.24) is 9.97 Å². The van der Waals surface area contributed by atoms with Gasteiger partial charge in [0.15, 0.2) is 5.78 Å². The second kappa shape index (κ2) is 20.2. The van der Waals surface area contributed by atoms with Gasteiger partial charge in [0.1, 0.15) is 0 Å². The van der Waals surface area contributed by atoms with Gasteiger partial charge in [-0.1, -0.05) is 128 Å². The molecule has 5 heteroatoms. The number of aromatic nitrogens is 2. The largest absolute Gasteiger partial charge is 0.512 e. The fraction of sp³-hybridized carbons (Fsp3) is 0.255. The fourth-order valence-electron chi connectivity index (χ4n) is 7.37. The van der Waals surface area contributed by atoms with E-state index in [9.17, 15) is 4.79 Å². The van der Waals surface area contributed by atoms with Crippen LogP contribution < -0.4 is 0 Å². The number of carbonyl (C=O) groups excluding carboxylic acids is 1. The number of pyridine rings is 2. The van der Waals surface area contributed by atoms with Crippen molar-refractivity contribution in [3.05, 3.63) is 168 Å². The zero-order valence-electron chi connectivity index (χ0n) is 36.5. The first-order valence-electron chi connectivity index (χ1n) is 20.8. The molecule has 8 aromatic rings. The summed E-state index contributed by atoms with van der Waals surface area (Å²) in [6.45, 7) is 20.7. The van der Waals surface area contributed by atoms with Crippen molar-refractivity contribution in [2.24, 2.45) is 0 Å². The first-order valence-corrected chi connectivity index (χ1v) is 20.8. The molecule has 0 saturated heterocycles. The van der Waals surface area contributed by atoms with E-state index in [1.54, 1.807) is 0 Å². The van der Waals surface area contributed by atoms with E-state index in [2.05, 4.69) is 177 Å². The van der Waals surface area contributed by atoms with E-state index >= 15 is 0 Å². The number of nitrogens with zero attached hydrogens (tertiary/aromatic N) is 2. The molecule has 2 aromatic heterocycles. The van der Waals surface area contributed by atoms with Crippen LogP contribution in [0.25, 0.3) is 65.6 Å². The smallest absolute Gasteiger partial charge is 0.155 e. The van der Waals surface area contributed by atoms with Crippen LogP contribution in [0, 0.1) is 12.1 Å². The number of hydrogen-bond donors (Lipinski definition) is 1. The van der Waals surface area contributed by atoms with Crippen LogP contribution in [0.5, 0.6) is 0 Å². The van der Waals surface area contributed by atoms with Crippen LogP contribution in [0.1, 0.15) is 115 Å². The summed E-state index contributed by atoms with van der Waals surface area (Å²) in [5.41, 5.74) is 9.46. The molecule has 1 N–H and O–H groups in total. The summed E-state index contributed by atoms with van der Waals surface area (Å²) in [6, 6.07) is 46.5. The summed E-state index contributed by atoms with van der Waals surface area (Å²) in [7, 11) is 0. The number of benzene rings is 6. The van der Waals surface area contributed by atoms with Crippen molar-refractivity contribution in [1.29, 1.82) is 0 Å². The molecule has 60 heavy (non-hydrogen) atoms. The molecule has 2 heterocycles. The molecule has 0 aliphatic carbocycles. The van der Waals surface area contributed by atoms with E-state index in [-0.39, 0.29) is 31.6 Å². The quantitative estimate of drug-likeness (QED) is 0.0748. The van der Waals surface area contributed by atoms with E-state index in [1.165, 1.54) is 85.3 Å². The Morgan fingerprint density at radius 1 is 0.517 bits per heavy atom. The van der Waals surface area contributed by atoms with Crippen molar-refractivity contribution >= 4 is 48.9 Å². The predicted octanol–water partition coefficient (Wildman–Crippen LogP) is 15.2. The third kappa shape index (κ3) is 10.6. The molecule has 8 rings (SSSR count). The Labute approximate surface area is 370 Å². The summed E-state index contributed by atoms with van der Waals surface area (Å²) < 4.78 is 0. The molecule has 0 saturated carbocycles. The maximum atomic E-state index is 10.0. The third-order valence-corrected chi connectivity index (χ3v) is 10.7. The van der Waals surface area contributed by atoms with Gasteiger partial charge in [-0.05, 0) is 104 Å². The Morgan fingerprint density at radius 3 is 1.25 bits per heavy atom. The van der Waals surface area contributed by atoms with Crippen molar-refractivity contribution in [3.63, 3.8) is 0 Å². The van der Waals surface area contributed by atoms with Crippen LogP contribution in [0.4, 0.5) is 0 Å². The number of aliphatic hydroxyl groups is 1. The van der Waals surface area contributed by atoms with Crippen LogP contribution >= 0.6 is 0 Å². The van der Waals surface area contributed by atoms with Gasteiger partial charge in [-0.15, -0.1) is 69.8 Å². The average molecular weight is 969 g/mol. The van der Waals surface area contributed by atoms with Crippen molar-refractivity contribution in [2.45, 2.75) is 92.9 Å². The second-order valence-electron chi connectivity index (χ2n) is 16.7. The van der Waals surface area contributed by atoms with E-state index < -0.39 is 0 Å². The van der Waals surface area contributed by atoms with E-state index in [1.807, 2.05) is 12.4 Å². The van der Waals surface area contributed by atoms with Gasteiger partial charge in [-0.3, -0.25) is 4.79 Å². The first kappa shape index (κ1) is 45.6. The summed E-state index contributed by atoms with van der Waals surface area (Å²) in [5.74, 6) is 1.80. The molecule has 1 radical (unpaired) electrons. The van der Waals surface area contributed by atoms with E-state index in [0.717, 1.165) is 22.5 Å². The summed E-state index contributed by atoms with van der Waals surface area (Å²) in [5, 5.41) is 18.3. The standard InChI is InChI=1S/2C25H24N.C5H8O2.Ir/c2*1-16(2)19-13-20(17(3)4)15-21(14-19)25-24-10-9-18-7-5-6-8-22(18)23(24)11-12-26-25;1-4(6)3-5(2)7;/h2*5-14,16-17H,1-4H3;3,6H,1-2H3;/q2*-1;;/b;;4-3-;. The van der Waals surface area contributed by atoms with E-state index in [4.69, 9.17) is 15.1 Å². The van der Waals surface area contributed by atoms with Gasteiger partial charge < -0.3 is 15.1 Å². The minimum atomic E-state index is -0.125. The molecule has 4 nitrogen and oxygen atoms in total. The van der Waals surface area contributed by atoms with Crippen LogP contribution in [-0.2, 0) is 24.9 Å². The Kier molecular flexibility index (Phi) is 15.3. The van der Waals surface area contributed by atoms with Crippen LogP contribution in [-0.4, -0.2) is 20.9 Å². The van der Waals surface area contributed by atoms with Crippen molar-refractivity contribution in [3.8, 4) is 22.5 Å². The Hall–Kier alpha value is -5.48. The SMILES string of the molecule is CC(=O)/C=C(/C)O.CC(C)c1[c-]c(-c2nccc3c2ccc2ccccc23)cc(C(C)C)c1.CC(C)c1[c-]c(-c2nccc3c2ccc2ccccc23)cc(C(C)C)c1.[Ir]. The summed E-state index contributed by atoms with van der Waals surface area (Å²) >= 11 is 0. The molecule has 0 bridgehead atoms. The number of fused-ring (bicyclic) bond motifs is 6. The minimum absolute atomic E-state index is 0. The molecule has 6 aromatic carbocycles. The second-order valence-corrected chi connectivity index (χ2v) is 16.7. The number of aliphatic hydroxyl groups excluding tert-OH is 1. The van der Waals surface area contributed by atoms with Gasteiger partial charge >= 0.3 is 0 Å². The Morgan fingerprint density at radius 2 is 0.917 bits per heavy atom. The summed E-state index contributed by atoms with van der Waals surface area (Å²) in [4.78, 5) is 19.5. The zero-order valence-corrected chi connectivity index (χ0v) is 38.9. The Bertz CT molecular complexity index is 2560. The van der Waals surface area contributed by atoms with Gasteiger partial charge in [0.2, 0.25) is 0 Å². The molecular formula is C55H56IrN2O2-2. The molecule has 309 valence electrons. The molecule has 0 spiro atoms. The molecule has 0 aliphatic rings. The number of hydrogen-bond acceptors (Lipinski definition) is 4. The number of carbonyl (C=O) groups is 1. The number of rotatable bonds is 7. The summed E-state index contributed by atoms with van der Waals surface area (Å²) in [6.07, 6.45) is 5.02. The molecular weight excluding hydrogens is 913 g/mol. The van der Waals surface area contributed by atoms with Crippen molar-refractivity contribution < 1.29 is 30.0 Å². The molecule has 0 fully saturated rings. The minimum Gasteiger partial charge on any atom is -0.512 e. The van der Waals surface area contributed by atoms with Crippen LogP contribution in [0.15, 0.2) is 133 Å². The van der Waals surface area contributed by atoms with E-state index in [0.29, 0.717) is 23.7 Å². The molecule has 0 atom stereocenters. The average Bonchev–Trinajstić information content (AvgIpc) is 3.22. The zero-order chi connectivity index (χ0) is 42.4. The maximum Gasteiger partial charge on any atom is 0.155 e. The number of ketones is 1. The normalized spacial score (nSPS) is 11.5. The van der Waals surface area contributed by atoms with Gasteiger partial charge in [-0.25, -0.2) is 0 Å². The molecule has 0 amide bonds. The topological polar surface area (TPSA) is 63.1 Å². The van der Waals surface area contributed by atoms with Crippen LogP contribution in [0.2, 0.25) is 0 Å². The molecule has 0 aliphatic heterocycles. The molecule has 0 unspecified atom stereocenters. The van der Waals surface area contributed by atoms with Gasteiger partial charge in [0.25, 0.3) is 0 Å². The third-order valence-electron chi connectivity index (χ3n) is 10.7. The Balaban J connectivity index is 0.000000194. The fourth-order valence-corrected chi connectivity index (χ4v) is 7.37. The monoisotopic (exact) mass is 969 g/mol. The predicted molar refractivity (Wildman–Crippen MR) is 250 cm³/mol. The number of allylic oxidation sites excluding steroid dienone is 2. The van der Waals surface area contributed by atoms with Crippen LogP contribution in [0.3, 0.4) is 0 Å². The maximum absolute atomic E-state index is 10.0. The first-order chi connectivity index (χ1) is 28.2.